The summed E-state index contributed by atoms with van der Waals surface area (Å²) < 4.78 is 21.1. The molecular formula is C21H22BrFN2O3S. The molecule has 1 saturated heterocycles. The molecule has 0 bridgehead atoms. The lowest BCUT2D eigenvalue weighted by molar-refractivity contribution is -0.122. The van der Waals surface area contributed by atoms with Gasteiger partial charge in [-0.1, -0.05) is 22.0 Å². The number of carboxylic acid groups (broad SMARTS) is 1. The average Bonchev–Trinajstić information content (AvgIpc) is 3.31. The number of aliphatic imine (C=N–C) groups is 1. The summed E-state index contributed by atoms with van der Waals surface area (Å²) in [5.41, 5.74) is 1.95. The van der Waals surface area contributed by atoms with E-state index in [1.165, 1.54) is 30.7 Å². The van der Waals surface area contributed by atoms with E-state index < -0.39 is 0 Å². The van der Waals surface area contributed by atoms with E-state index in [0.717, 1.165) is 40.3 Å². The van der Waals surface area contributed by atoms with Crippen LogP contribution in [0, 0.1) is 5.82 Å². The second-order valence-corrected chi connectivity index (χ2v) is 8.52. The predicted octanol–water partition coefficient (Wildman–Crippen LogP) is 4.81. The first-order valence-electron chi connectivity index (χ1n) is 9.22. The minimum absolute atomic E-state index is 0.188. The Balaban J connectivity index is 0.000000755. The summed E-state index contributed by atoms with van der Waals surface area (Å²) in [6.45, 7) is 1.60. The fraction of sp³-hybridized carbons (Fsp3) is 0.333. The minimum Gasteiger partial charge on any atom is -0.496 e. The number of amidine groups is 1. The van der Waals surface area contributed by atoms with Crippen LogP contribution < -0.4 is 4.74 Å². The number of methoxy groups -OCH3 is 1. The van der Waals surface area contributed by atoms with Gasteiger partial charge in [0.15, 0.2) is 0 Å². The Hall–Kier alpha value is -2.06. The third kappa shape index (κ3) is 4.93. The summed E-state index contributed by atoms with van der Waals surface area (Å²) in [6.07, 6.45) is 2.37. The smallest absolute Gasteiger partial charge is 0.290 e. The van der Waals surface area contributed by atoms with Gasteiger partial charge in [-0.05, 0) is 43.2 Å². The van der Waals surface area contributed by atoms with Gasteiger partial charge in [0.25, 0.3) is 6.47 Å². The molecule has 0 aliphatic carbocycles. The van der Waals surface area contributed by atoms with Crippen LogP contribution in [0.2, 0.25) is 0 Å². The maximum Gasteiger partial charge on any atom is 0.290 e. The topological polar surface area (TPSA) is 62.1 Å². The Bertz CT molecular complexity index is 909. The van der Waals surface area contributed by atoms with Crippen LogP contribution in [-0.4, -0.2) is 48.6 Å². The van der Waals surface area contributed by atoms with Gasteiger partial charge in [-0.2, -0.15) is 0 Å². The number of rotatable bonds is 5. The van der Waals surface area contributed by atoms with Gasteiger partial charge in [-0.3, -0.25) is 9.79 Å². The van der Waals surface area contributed by atoms with Crippen LogP contribution in [-0.2, 0) is 10.5 Å². The summed E-state index contributed by atoms with van der Waals surface area (Å²) in [7, 11) is 1.66. The average molecular weight is 481 g/mol. The molecular weight excluding hydrogens is 459 g/mol. The fourth-order valence-corrected chi connectivity index (χ4v) is 5.12. The zero-order chi connectivity index (χ0) is 20.8. The van der Waals surface area contributed by atoms with Crippen molar-refractivity contribution in [3.05, 3.63) is 57.8 Å². The molecule has 2 aromatic rings. The van der Waals surface area contributed by atoms with Crippen LogP contribution in [0.25, 0.3) is 0 Å². The van der Waals surface area contributed by atoms with Crippen molar-refractivity contribution in [1.82, 2.24) is 4.90 Å². The van der Waals surface area contributed by atoms with Crippen LogP contribution >= 0.6 is 27.7 Å². The molecule has 0 saturated carbocycles. The van der Waals surface area contributed by atoms with Crippen molar-refractivity contribution in [1.29, 1.82) is 0 Å². The van der Waals surface area contributed by atoms with Crippen molar-refractivity contribution in [3.8, 4) is 5.75 Å². The Kier molecular flexibility index (Phi) is 7.55. The number of nitrogens with zero attached hydrogens (tertiary/aromatic N) is 2. The van der Waals surface area contributed by atoms with E-state index in [9.17, 15) is 4.39 Å². The van der Waals surface area contributed by atoms with E-state index in [1.54, 1.807) is 13.2 Å². The first kappa shape index (κ1) is 21.6. The standard InChI is InChI=1S/C20H20BrFN2OS.CH2O2/c1-25-18-8-7-14(21)10-13(18)12-26-19-16(5-2-6-17(19)22)20-23-11-15-4-3-9-24(15)20;2-1-3/h2,5-8,10,15H,3-4,9,11-12H2,1H3;1H,(H,2,3). The number of fused-ring (bicyclic) bond motifs is 1. The highest BCUT2D eigenvalue weighted by Crippen LogP contribution is 2.36. The van der Waals surface area contributed by atoms with Crippen LogP contribution in [0.5, 0.6) is 5.75 Å². The number of benzene rings is 2. The maximum atomic E-state index is 14.7. The Labute approximate surface area is 182 Å². The molecule has 4 rings (SSSR count). The molecule has 1 N–H and O–H groups in total. The van der Waals surface area contributed by atoms with Crippen LogP contribution in [0.15, 0.2) is 50.8 Å². The third-order valence-electron chi connectivity index (χ3n) is 4.92. The molecule has 1 fully saturated rings. The predicted molar refractivity (Wildman–Crippen MR) is 116 cm³/mol. The van der Waals surface area contributed by atoms with Gasteiger partial charge in [0.05, 0.1) is 24.6 Å². The number of hydrogen-bond acceptors (Lipinski definition) is 5. The highest BCUT2D eigenvalue weighted by atomic mass is 79.9. The molecule has 5 nitrogen and oxygen atoms in total. The van der Waals surface area contributed by atoms with Crippen molar-refractivity contribution in [3.63, 3.8) is 0 Å². The molecule has 2 aliphatic heterocycles. The second-order valence-electron chi connectivity index (χ2n) is 6.62. The van der Waals surface area contributed by atoms with Crippen LogP contribution in [0.3, 0.4) is 0 Å². The van der Waals surface area contributed by atoms with Crippen molar-refractivity contribution >= 4 is 40.0 Å². The molecule has 2 aromatic carbocycles. The first-order chi connectivity index (χ1) is 14.1. The van der Waals surface area contributed by atoms with E-state index in [2.05, 4.69) is 20.8 Å². The Morgan fingerprint density at radius 3 is 2.97 bits per heavy atom. The lowest BCUT2D eigenvalue weighted by atomic mass is 10.2. The highest BCUT2D eigenvalue weighted by molar-refractivity contribution is 9.10. The minimum atomic E-state index is -0.250. The molecule has 29 heavy (non-hydrogen) atoms. The number of carbonyl (C=O) groups is 1. The van der Waals surface area contributed by atoms with Gasteiger partial charge in [-0.15, -0.1) is 11.8 Å². The zero-order valence-corrected chi connectivity index (χ0v) is 18.4. The lowest BCUT2D eigenvalue weighted by Gasteiger charge is -2.21. The summed E-state index contributed by atoms with van der Waals surface area (Å²) in [4.78, 5) is 16.1. The summed E-state index contributed by atoms with van der Waals surface area (Å²) in [5.74, 6) is 2.21. The second kappa shape index (κ2) is 10.1. The quantitative estimate of drug-likeness (QED) is 0.491. The number of halogens is 2. The normalized spacial score (nSPS) is 17.3. The molecule has 1 atom stereocenters. The van der Waals surface area contributed by atoms with Crippen LogP contribution in [0.4, 0.5) is 4.39 Å². The first-order valence-corrected chi connectivity index (χ1v) is 11.0. The number of hydrogen-bond donors (Lipinski definition) is 1. The molecule has 2 aliphatic rings. The third-order valence-corrected chi connectivity index (χ3v) is 6.58. The fourth-order valence-electron chi connectivity index (χ4n) is 3.67. The monoisotopic (exact) mass is 480 g/mol. The van der Waals surface area contributed by atoms with E-state index in [1.807, 2.05) is 24.3 Å². The molecule has 0 amide bonds. The van der Waals surface area contributed by atoms with E-state index in [0.29, 0.717) is 16.7 Å². The highest BCUT2D eigenvalue weighted by Gasteiger charge is 2.33. The van der Waals surface area contributed by atoms with Gasteiger partial charge in [0, 0.05) is 27.9 Å². The van der Waals surface area contributed by atoms with Crippen LogP contribution in [0.1, 0.15) is 24.0 Å². The van der Waals surface area contributed by atoms with Crippen molar-refractivity contribution in [2.75, 3.05) is 20.2 Å². The van der Waals surface area contributed by atoms with E-state index in [-0.39, 0.29) is 12.3 Å². The Morgan fingerprint density at radius 1 is 1.41 bits per heavy atom. The molecule has 8 heteroatoms. The molecule has 2 heterocycles. The summed E-state index contributed by atoms with van der Waals surface area (Å²) >= 11 is 5.00. The zero-order valence-electron chi connectivity index (χ0n) is 16.0. The molecule has 1 unspecified atom stereocenters. The van der Waals surface area contributed by atoms with E-state index in [4.69, 9.17) is 19.6 Å². The van der Waals surface area contributed by atoms with Crippen molar-refractivity contribution < 1.29 is 19.0 Å². The SMILES string of the molecule is COc1ccc(Br)cc1CSc1c(F)cccc1C1=NCC2CCCN12.O=CO. The van der Waals surface area contributed by atoms with E-state index >= 15 is 0 Å². The molecule has 154 valence electrons. The maximum absolute atomic E-state index is 14.7. The van der Waals surface area contributed by atoms with Crippen molar-refractivity contribution in [2.24, 2.45) is 4.99 Å². The Morgan fingerprint density at radius 2 is 2.21 bits per heavy atom. The summed E-state index contributed by atoms with van der Waals surface area (Å²) in [6, 6.07) is 11.7. The number of ether oxygens (including phenoxy) is 1. The number of thioether (sulfide) groups is 1. The van der Waals surface area contributed by atoms with Gasteiger partial charge >= 0.3 is 0 Å². The summed E-state index contributed by atoms with van der Waals surface area (Å²) in [5, 5.41) is 6.89. The lowest BCUT2D eigenvalue weighted by Crippen LogP contribution is -2.31. The van der Waals surface area contributed by atoms with Gasteiger partial charge in [0.1, 0.15) is 17.4 Å². The van der Waals surface area contributed by atoms with Gasteiger partial charge in [0.2, 0.25) is 0 Å². The molecule has 0 aromatic heterocycles. The van der Waals surface area contributed by atoms with Crippen molar-refractivity contribution in [2.45, 2.75) is 29.5 Å². The largest absolute Gasteiger partial charge is 0.496 e. The van der Waals surface area contributed by atoms with Gasteiger partial charge < -0.3 is 14.7 Å². The van der Waals surface area contributed by atoms with Gasteiger partial charge in [-0.25, -0.2) is 4.39 Å². The molecule has 0 spiro atoms. The molecule has 0 radical (unpaired) electrons.